The first-order valence-electron chi connectivity index (χ1n) is 3.90. The molecule has 0 radical (unpaired) electrons. The van der Waals surface area contributed by atoms with E-state index in [0.29, 0.717) is 0 Å². The summed E-state index contributed by atoms with van der Waals surface area (Å²) in [6, 6.07) is 3.38. The molecule has 4 heteroatoms. The first-order valence-corrected chi connectivity index (χ1v) is 3.90. The molecule has 0 amide bonds. The number of halogens is 1. The number of aromatic hydroxyl groups is 1. The lowest BCUT2D eigenvalue weighted by atomic mass is 10.0. The van der Waals surface area contributed by atoms with Gasteiger partial charge in [-0.1, -0.05) is 6.08 Å². The van der Waals surface area contributed by atoms with Crippen LogP contribution in [0.5, 0.6) is 5.75 Å². The summed E-state index contributed by atoms with van der Waals surface area (Å²) >= 11 is 0. The highest BCUT2D eigenvalue weighted by Crippen LogP contribution is 2.27. The van der Waals surface area contributed by atoms with Gasteiger partial charge in [0.25, 0.3) is 0 Å². The van der Waals surface area contributed by atoms with Crippen LogP contribution in [-0.4, -0.2) is 5.11 Å². The van der Waals surface area contributed by atoms with E-state index in [1.807, 2.05) is 0 Å². The van der Waals surface area contributed by atoms with E-state index in [9.17, 15) is 9.50 Å². The highest BCUT2D eigenvalue weighted by atomic mass is 19.1. The second kappa shape index (κ2) is 3.90. The zero-order valence-corrected chi connectivity index (χ0v) is 7.37. The Kier molecular flexibility index (Phi) is 2.85. The van der Waals surface area contributed by atoms with Gasteiger partial charge in [-0.2, -0.15) is 5.26 Å². The molecule has 0 saturated carbocycles. The minimum absolute atomic E-state index is 0.118. The van der Waals surface area contributed by atoms with E-state index >= 15 is 0 Å². The van der Waals surface area contributed by atoms with Crippen molar-refractivity contribution in [2.24, 2.45) is 5.73 Å². The molecule has 0 saturated heterocycles. The molecule has 3 N–H and O–H groups in total. The van der Waals surface area contributed by atoms with Crippen molar-refractivity contribution in [1.82, 2.24) is 0 Å². The van der Waals surface area contributed by atoms with Crippen molar-refractivity contribution in [1.29, 1.82) is 5.26 Å². The quantitative estimate of drug-likeness (QED) is 0.699. The molecule has 1 rings (SSSR count). The van der Waals surface area contributed by atoms with Crippen LogP contribution in [0.3, 0.4) is 0 Å². The molecule has 1 aromatic rings. The van der Waals surface area contributed by atoms with Crippen molar-refractivity contribution >= 4 is 0 Å². The number of rotatable bonds is 2. The van der Waals surface area contributed by atoms with Crippen molar-refractivity contribution in [3.05, 3.63) is 41.7 Å². The summed E-state index contributed by atoms with van der Waals surface area (Å²) in [6.45, 7) is 3.42. The third kappa shape index (κ3) is 1.73. The molecule has 0 heterocycles. The van der Waals surface area contributed by atoms with Gasteiger partial charge >= 0.3 is 0 Å². The monoisotopic (exact) mass is 192 g/mol. The number of nitrogens with two attached hydrogens (primary N) is 1. The van der Waals surface area contributed by atoms with Crippen LogP contribution < -0.4 is 5.73 Å². The molecular formula is C10H9FN2O. The Morgan fingerprint density at radius 3 is 2.79 bits per heavy atom. The molecule has 0 aliphatic carbocycles. The molecule has 1 aromatic carbocycles. The van der Waals surface area contributed by atoms with Crippen molar-refractivity contribution in [3.8, 4) is 11.8 Å². The highest BCUT2D eigenvalue weighted by molar-refractivity contribution is 5.45. The van der Waals surface area contributed by atoms with E-state index in [1.165, 1.54) is 12.1 Å². The number of hydrogen-bond acceptors (Lipinski definition) is 3. The van der Waals surface area contributed by atoms with Crippen LogP contribution >= 0.6 is 0 Å². The minimum Gasteiger partial charge on any atom is -0.505 e. The Balaban J connectivity index is 3.35. The Morgan fingerprint density at radius 2 is 2.29 bits per heavy atom. The smallest absolute Gasteiger partial charge is 0.166 e. The largest absolute Gasteiger partial charge is 0.505 e. The summed E-state index contributed by atoms with van der Waals surface area (Å²) < 4.78 is 13.0. The summed E-state index contributed by atoms with van der Waals surface area (Å²) in [5, 5.41) is 17.9. The molecule has 3 nitrogen and oxygen atoms in total. The van der Waals surface area contributed by atoms with Gasteiger partial charge in [0.2, 0.25) is 0 Å². The van der Waals surface area contributed by atoms with Crippen molar-refractivity contribution < 1.29 is 9.50 Å². The van der Waals surface area contributed by atoms with E-state index < -0.39 is 17.6 Å². The van der Waals surface area contributed by atoms with Crippen LogP contribution in [0.1, 0.15) is 17.2 Å². The van der Waals surface area contributed by atoms with Gasteiger partial charge in [0.15, 0.2) is 11.6 Å². The molecule has 0 aromatic heterocycles. The number of benzene rings is 1. The van der Waals surface area contributed by atoms with Crippen molar-refractivity contribution in [3.63, 3.8) is 0 Å². The van der Waals surface area contributed by atoms with Crippen LogP contribution in [-0.2, 0) is 0 Å². The fourth-order valence-corrected chi connectivity index (χ4v) is 1.07. The first kappa shape index (κ1) is 10.2. The molecule has 1 atom stereocenters. The standard InChI is InChI=1S/C10H9FN2O/c1-2-9(13)7-3-6(5-12)4-8(11)10(7)14/h2-4,9,14H,1,13H2/t9-/m0/s1. The Hall–Kier alpha value is -1.86. The molecule has 0 fully saturated rings. The Bertz CT molecular complexity index is 409. The maximum absolute atomic E-state index is 13.0. The lowest BCUT2D eigenvalue weighted by molar-refractivity contribution is 0.424. The van der Waals surface area contributed by atoms with Gasteiger partial charge in [-0.3, -0.25) is 0 Å². The number of phenols is 1. The van der Waals surface area contributed by atoms with E-state index in [-0.39, 0.29) is 11.1 Å². The zero-order chi connectivity index (χ0) is 10.7. The summed E-state index contributed by atoms with van der Waals surface area (Å²) in [6.07, 6.45) is 1.36. The summed E-state index contributed by atoms with van der Waals surface area (Å²) in [5.74, 6) is -1.38. The van der Waals surface area contributed by atoms with E-state index in [2.05, 4.69) is 6.58 Å². The molecule has 14 heavy (non-hydrogen) atoms. The summed E-state index contributed by atoms with van der Waals surface area (Å²) in [7, 11) is 0. The van der Waals surface area contributed by atoms with E-state index in [1.54, 1.807) is 6.07 Å². The van der Waals surface area contributed by atoms with Crippen LogP contribution in [0, 0.1) is 17.1 Å². The fourth-order valence-electron chi connectivity index (χ4n) is 1.07. The number of nitriles is 1. The third-order valence-electron chi connectivity index (χ3n) is 1.84. The fraction of sp³-hybridized carbons (Fsp3) is 0.100. The van der Waals surface area contributed by atoms with Crippen LogP contribution in [0.15, 0.2) is 24.8 Å². The SMILES string of the molecule is C=C[C@H](N)c1cc(C#N)cc(F)c1O. The van der Waals surface area contributed by atoms with E-state index in [4.69, 9.17) is 11.0 Å². The van der Waals surface area contributed by atoms with Gasteiger partial charge in [-0.15, -0.1) is 6.58 Å². The molecule has 0 spiro atoms. The van der Waals surface area contributed by atoms with Gasteiger partial charge < -0.3 is 10.8 Å². The normalized spacial score (nSPS) is 11.8. The summed E-state index contributed by atoms with van der Waals surface area (Å²) in [5.41, 5.74) is 5.82. The van der Waals surface area contributed by atoms with Crippen molar-refractivity contribution in [2.45, 2.75) is 6.04 Å². The summed E-state index contributed by atoms with van der Waals surface area (Å²) in [4.78, 5) is 0. The van der Waals surface area contributed by atoms with Crippen LogP contribution in [0.2, 0.25) is 0 Å². The van der Waals surface area contributed by atoms with Gasteiger partial charge in [-0.25, -0.2) is 4.39 Å². The van der Waals surface area contributed by atoms with Crippen molar-refractivity contribution in [2.75, 3.05) is 0 Å². The lowest BCUT2D eigenvalue weighted by Crippen LogP contribution is -2.07. The first-order chi connectivity index (χ1) is 6.60. The molecule has 0 unspecified atom stereocenters. The van der Waals surface area contributed by atoms with Crippen LogP contribution in [0.4, 0.5) is 4.39 Å². The number of nitrogens with zero attached hydrogens (tertiary/aromatic N) is 1. The molecule has 72 valence electrons. The van der Waals surface area contributed by atoms with Gasteiger partial charge in [0.1, 0.15) is 0 Å². The lowest BCUT2D eigenvalue weighted by Gasteiger charge is -2.09. The Morgan fingerprint density at radius 1 is 1.64 bits per heavy atom. The zero-order valence-electron chi connectivity index (χ0n) is 7.37. The molecular weight excluding hydrogens is 183 g/mol. The predicted octanol–water partition coefficient (Wildman–Crippen LogP) is 1.59. The average Bonchev–Trinajstić information content (AvgIpc) is 2.20. The number of phenolic OH excluding ortho intramolecular Hbond substituents is 1. The van der Waals surface area contributed by atoms with Gasteiger partial charge in [-0.05, 0) is 12.1 Å². The topological polar surface area (TPSA) is 70.0 Å². The number of hydrogen-bond donors (Lipinski definition) is 2. The van der Waals surface area contributed by atoms with Crippen LogP contribution in [0.25, 0.3) is 0 Å². The predicted molar refractivity (Wildman–Crippen MR) is 49.9 cm³/mol. The minimum atomic E-state index is -0.851. The maximum Gasteiger partial charge on any atom is 0.166 e. The third-order valence-corrected chi connectivity index (χ3v) is 1.84. The van der Waals surface area contributed by atoms with Gasteiger partial charge in [0.05, 0.1) is 17.7 Å². The van der Waals surface area contributed by atoms with Gasteiger partial charge in [0, 0.05) is 5.56 Å². The second-order valence-electron chi connectivity index (χ2n) is 2.77. The molecule has 0 aliphatic rings. The second-order valence-corrected chi connectivity index (χ2v) is 2.77. The molecule has 0 bridgehead atoms. The van der Waals surface area contributed by atoms with E-state index in [0.717, 1.165) is 6.07 Å². The average molecular weight is 192 g/mol. The Labute approximate surface area is 80.9 Å². The highest BCUT2D eigenvalue weighted by Gasteiger charge is 2.13. The maximum atomic E-state index is 13.0. The molecule has 0 aliphatic heterocycles.